The van der Waals surface area contributed by atoms with E-state index in [1.165, 1.54) is 11.1 Å². The van der Waals surface area contributed by atoms with Crippen LogP contribution in [0.4, 0.5) is 0 Å². The van der Waals surface area contributed by atoms with Crippen molar-refractivity contribution in [2.75, 3.05) is 19.8 Å². The van der Waals surface area contributed by atoms with Crippen molar-refractivity contribution in [3.8, 4) is 5.88 Å². The van der Waals surface area contributed by atoms with Crippen LogP contribution >= 0.6 is 0 Å². The summed E-state index contributed by atoms with van der Waals surface area (Å²) in [5.74, 6) is 1.72. The molecule has 0 bridgehead atoms. The molecule has 0 amide bonds. The second-order valence-corrected chi connectivity index (χ2v) is 5.87. The van der Waals surface area contributed by atoms with Crippen molar-refractivity contribution in [2.45, 2.75) is 26.2 Å². The van der Waals surface area contributed by atoms with Crippen molar-refractivity contribution < 1.29 is 9.47 Å². The van der Waals surface area contributed by atoms with E-state index in [1.807, 2.05) is 11.7 Å². The largest absolute Gasteiger partial charge is 0.476 e. The number of para-hydroxylation sites is 1. The quantitative estimate of drug-likeness (QED) is 0.859. The summed E-state index contributed by atoms with van der Waals surface area (Å²) in [7, 11) is 1.99. The number of benzene rings is 1. The van der Waals surface area contributed by atoms with E-state index in [0.29, 0.717) is 18.4 Å². The molecule has 108 valence electrons. The maximum Gasteiger partial charge on any atom is 0.240 e. The van der Waals surface area contributed by atoms with Gasteiger partial charge in [0.05, 0.1) is 24.1 Å². The van der Waals surface area contributed by atoms with E-state index >= 15 is 0 Å². The van der Waals surface area contributed by atoms with Crippen molar-refractivity contribution in [3.05, 3.63) is 23.8 Å². The van der Waals surface area contributed by atoms with Gasteiger partial charge in [0.1, 0.15) is 0 Å². The Hall–Kier alpha value is -1.55. The predicted molar refractivity (Wildman–Crippen MR) is 79.2 cm³/mol. The van der Waals surface area contributed by atoms with Crippen LogP contribution in [-0.2, 0) is 11.8 Å². The van der Waals surface area contributed by atoms with Gasteiger partial charge in [-0.25, -0.2) is 0 Å². The average molecular weight is 274 g/mol. The van der Waals surface area contributed by atoms with Crippen LogP contribution in [0.15, 0.2) is 18.2 Å². The van der Waals surface area contributed by atoms with E-state index in [2.05, 4.69) is 37.1 Å². The Kier molecular flexibility index (Phi) is 3.66. The smallest absolute Gasteiger partial charge is 0.240 e. The fourth-order valence-corrected chi connectivity index (χ4v) is 2.82. The highest BCUT2D eigenvalue weighted by Crippen LogP contribution is 2.31. The summed E-state index contributed by atoms with van der Waals surface area (Å²) in [5.41, 5.74) is 2.50. The maximum absolute atomic E-state index is 5.95. The minimum atomic E-state index is 0.477. The fourth-order valence-electron chi connectivity index (χ4n) is 2.82. The van der Waals surface area contributed by atoms with Crippen LogP contribution in [0, 0.1) is 5.92 Å². The van der Waals surface area contributed by atoms with Crippen LogP contribution in [0.3, 0.4) is 0 Å². The Morgan fingerprint density at radius 1 is 1.45 bits per heavy atom. The summed E-state index contributed by atoms with van der Waals surface area (Å²) in [6, 6.07) is 6.35. The Balaban J connectivity index is 1.89. The molecule has 1 aliphatic heterocycles. The first kappa shape index (κ1) is 13.4. The average Bonchev–Trinajstić information content (AvgIpc) is 3.05. The summed E-state index contributed by atoms with van der Waals surface area (Å²) >= 11 is 0. The standard InChI is InChI=1S/C16H22N2O2/c1-11(2)13-5-4-6-14-15(13)18(3)17-16(14)20-10-12-7-8-19-9-12/h4-6,11-12H,7-10H2,1-3H3. The molecule has 2 heterocycles. The molecule has 1 aromatic heterocycles. The predicted octanol–water partition coefficient (Wildman–Crippen LogP) is 3.11. The highest BCUT2D eigenvalue weighted by Gasteiger charge is 2.19. The number of fused-ring (bicyclic) bond motifs is 1. The van der Waals surface area contributed by atoms with Gasteiger partial charge in [-0.3, -0.25) is 4.68 Å². The Bertz CT molecular complexity index is 598. The lowest BCUT2D eigenvalue weighted by molar-refractivity contribution is 0.165. The normalized spacial score (nSPS) is 19.1. The molecular weight excluding hydrogens is 252 g/mol. The first-order valence-electron chi connectivity index (χ1n) is 7.33. The molecule has 0 N–H and O–H groups in total. The molecule has 3 rings (SSSR count). The molecule has 20 heavy (non-hydrogen) atoms. The minimum Gasteiger partial charge on any atom is -0.476 e. The van der Waals surface area contributed by atoms with Crippen molar-refractivity contribution in [1.82, 2.24) is 9.78 Å². The highest BCUT2D eigenvalue weighted by atomic mass is 16.5. The van der Waals surface area contributed by atoms with Gasteiger partial charge in [0.15, 0.2) is 0 Å². The number of hydrogen-bond donors (Lipinski definition) is 0. The van der Waals surface area contributed by atoms with E-state index in [0.717, 1.165) is 30.9 Å². The number of rotatable bonds is 4. The molecule has 1 aliphatic rings. The summed E-state index contributed by atoms with van der Waals surface area (Å²) in [5, 5.41) is 5.66. The van der Waals surface area contributed by atoms with Crippen molar-refractivity contribution in [1.29, 1.82) is 0 Å². The molecule has 1 unspecified atom stereocenters. The highest BCUT2D eigenvalue weighted by molar-refractivity contribution is 5.87. The zero-order chi connectivity index (χ0) is 14.1. The van der Waals surface area contributed by atoms with Gasteiger partial charge < -0.3 is 9.47 Å². The molecule has 1 atom stereocenters. The van der Waals surface area contributed by atoms with Gasteiger partial charge in [0, 0.05) is 19.6 Å². The Labute approximate surface area is 119 Å². The third kappa shape index (κ3) is 2.40. The fraction of sp³-hybridized carbons (Fsp3) is 0.562. The molecule has 0 saturated carbocycles. The molecule has 0 aliphatic carbocycles. The van der Waals surface area contributed by atoms with E-state index < -0.39 is 0 Å². The third-order valence-electron chi connectivity index (χ3n) is 3.96. The van der Waals surface area contributed by atoms with E-state index in [4.69, 9.17) is 9.47 Å². The molecule has 1 aromatic carbocycles. The zero-order valence-corrected chi connectivity index (χ0v) is 12.4. The SMILES string of the molecule is CC(C)c1cccc2c(OCC3CCOC3)nn(C)c12. The van der Waals surface area contributed by atoms with Crippen LogP contribution < -0.4 is 4.74 Å². The lowest BCUT2D eigenvalue weighted by Gasteiger charge is -2.09. The molecule has 1 saturated heterocycles. The third-order valence-corrected chi connectivity index (χ3v) is 3.96. The van der Waals surface area contributed by atoms with Gasteiger partial charge in [0.2, 0.25) is 5.88 Å². The number of ether oxygens (including phenoxy) is 2. The Morgan fingerprint density at radius 3 is 3.00 bits per heavy atom. The molecular formula is C16H22N2O2. The lowest BCUT2D eigenvalue weighted by Crippen LogP contribution is -2.12. The molecule has 1 fully saturated rings. The van der Waals surface area contributed by atoms with Crippen molar-refractivity contribution in [3.63, 3.8) is 0 Å². The van der Waals surface area contributed by atoms with Gasteiger partial charge in [-0.15, -0.1) is 5.10 Å². The molecule has 0 spiro atoms. The Morgan fingerprint density at radius 2 is 2.30 bits per heavy atom. The number of nitrogens with zero attached hydrogens (tertiary/aromatic N) is 2. The van der Waals surface area contributed by atoms with E-state index in [-0.39, 0.29) is 0 Å². The lowest BCUT2D eigenvalue weighted by atomic mass is 10.0. The summed E-state index contributed by atoms with van der Waals surface area (Å²) in [6.07, 6.45) is 1.09. The van der Waals surface area contributed by atoms with Gasteiger partial charge in [-0.1, -0.05) is 26.0 Å². The molecule has 0 radical (unpaired) electrons. The summed E-state index contributed by atoms with van der Waals surface area (Å²) < 4.78 is 13.3. The summed E-state index contributed by atoms with van der Waals surface area (Å²) in [4.78, 5) is 0. The van der Waals surface area contributed by atoms with Crippen LogP contribution in [-0.4, -0.2) is 29.6 Å². The molecule has 4 nitrogen and oxygen atoms in total. The van der Waals surface area contributed by atoms with Gasteiger partial charge in [0.25, 0.3) is 0 Å². The van der Waals surface area contributed by atoms with Crippen molar-refractivity contribution in [2.24, 2.45) is 13.0 Å². The second kappa shape index (κ2) is 5.44. The van der Waals surface area contributed by atoms with Crippen LogP contribution in [0.25, 0.3) is 10.9 Å². The first-order chi connectivity index (χ1) is 9.66. The number of aryl methyl sites for hydroxylation is 1. The molecule has 2 aromatic rings. The van der Waals surface area contributed by atoms with Crippen LogP contribution in [0.1, 0.15) is 31.7 Å². The van der Waals surface area contributed by atoms with Crippen LogP contribution in [0.2, 0.25) is 0 Å². The second-order valence-electron chi connectivity index (χ2n) is 5.87. The number of hydrogen-bond acceptors (Lipinski definition) is 3. The minimum absolute atomic E-state index is 0.477. The maximum atomic E-state index is 5.95. The summed E-state index contributed by atoms with van der Waals surface area (Å²) in [6.45, 7) is 6.77. The van der Waals surface area contributed by atoms with Gasteiger partial charge in [-0.2, -0.15) is 0 Å². The van der Waals surface area contributed by atoms with E-state index in [1.54, 1.807) is 0 Å². The van der Waals surface area contributed by atoms with E-state index in [9.17, 15) is 0 Å². The van der Waals surface area contributed by atoms with Gasteiger partial charge >= 0.3 is 0 Å². The monoisotopic (exact) mass is 274 g/mol. The number of aromatic nitrogens is 2. The first-order valence-corrected chi connectivity index (χ1v) is 7.33. The zero-order valence-electron chi connectivity index (χ0n) is 12.4. The molecule has 4 heteroatoms. The van der Waals surface area contributed by atoms with Crippen LogP contribution in [0.5, 0.6) is 5.88 Å². The van der Waals surface area contributed by atoms with Gasteiger partial charge in [-0.05, 0) is 24.0 Å². The topological polar surface area (TPSA) is 36.3 Å². The van der Waals surface area contributed by atoms with Crippen molar-refractivity contribution >= 4 is 10.9 Å².